The van der Waals surface area contributed by atoms with Crippen LogP contribution >= 0.6 is 0 Å². The topological polar surface area (TPSA) is 121 Å². The zero-order valence-corrected chi connectivity index (χ0v) is 11.0. The molecule has 0 aliphatic heterocycles. The summed E-state index contributed by atoms with van der Waals surface area (Å²) in [5.41, 5.74) is 11.4. The maximum absolute atomic E-state index is 13.7. The number of carbonyl (C=O) groups excluding carboxylic acids is 2. The first-order valence-corrected chi connectivity index (χ1v) is 5.76. The minimum absolute atomic E-state index is 0.375. The molecule has 116 valence electrons. The summed E-state index contributed by atoms with van der Waals surface area (Å²) in [5, 5.41) is 4.85. The summed E-state index contributed by atoms with van der Waals surface area (Å²) in [6, 6.07) is -1.05. The van der Waals surface area contributed by atoms with Crippen LogP contribution in [0.15, 0.2) is 23.8 Å². The number of nitrogens with two attached hydrogens (primary N) is 1. The molecule has 1 rings (SSSR count). The van der Waals surface area contributed by atoms with Gasteiger partial charge in [0.2, 0.25) is 5.91 Å². The smallest absolute Gasteiger partial charge is 0.243 e. The molecule has 7 nitrogen and oxygen atoms in total. The van der Waals surface area contributed by atoms with Crippen molar-refractivity contribution < 1.29 is 22.8 Å². The van der Waals surface area contributed by atoms with Crippen LogP contribution < -0.4 is 11.1 Å². The molecule has 1 atom stereocenters. The number of hydrogen-bond acceptors (Lipinski definition) is 4. The zero-order chi connectivity index (χ0) is 16.9. The first-order valence-electron chi connectivity index (χ1n) is 5.76. The van der Waals surface area contributed by atoms with E-state index in [2.05, 4.69) is 21.9 Å². The number of hydrogen-bond donors (Lipinski definition) is 2. The van der Waals surface area contributed by atoms with Gasteiger partial charge in [0.1, 0.15) is 11.5 Å². The highest BCUT2D eigenvalue weighted by atomic mass is 19.2. The van der Waals surface area contributed by atoms with Crippen LogP contribution in [0.3, 0.4) is 0 Å². The Balaban J connectivity index is 3.11. The molecule has 1 amide bonds. The predicted octanol–water partition coefficient (Wildman–Crippen LogP) is 1.86. The van der Waals surface area contributed by atoms with Crippen LogP contribution in [0.5, 0.6) is 0 Å². The van der Waals surface area contributed by atoms with Gasteiger partial charge in [0, 0.05) is 11.5 Å². The van der Waals surface area contributed by atoms with E-state index in [-0.39, 0.29) is 6.54 Å². The molecule has 0 aromatic heterocycles. The van der Waals surface area contributed by atoms with E-state index in [0.29, 0.717) is 6.07 Å². The molecule has 10 heteroatoms. The van der Waals surface area contributed by atoms with Crippen LogP contribution in [0.25, 0.3) is 10.4 Å². The summed E-state index contributed by atoms with van der Waals surface area (Å²) in [5.74, 6) is -6.67. The average molecular weight is 313 g/mol. The van der Waals surface area contributed by atoms with E-state index in [1.807, 2.05) is 0 Å². The molecule has 3 N–H and O–H groups in total. The first-order chi connectivity index (χ1) is 10.3. The summed E-state index contributed by atoms with van der Waals surface area (Å²) < 4.78 is 40.8. The second-order valence-corrected chi connectivity index (χ2v) is 3.99. The Morgan fingerprint density at radius 1 is 1.45 bits per heavy atom. The fraction of sp³-hybridized carbons (Fsp3) is 0.167. The van der Waals surface area contributed by atoms with E-state index in [1.54, 1.807) is 0 Å². The Morgan fingerprint density at radius 2 is 2.09 bits per heavy atom. The Kier molecular flexibility index (Phi) is 5.67. The molecule has 0 radical (unpaired) electrons. The fourth-order valence-corrected chi connectivity index (χ4v) is 1.48. The highest BCUT2D eigenvalue weighted by Crippen LogP contribution is 2.27. The van der Waals surface area contributed by atoms with Crippen molar-refractivity contribution >= 4 is 17.4 Å². The van der Waals surface area contributed by atoms with E-state index < -0.39 is 46.4 Å². The van der Waals surface area contributed by atoms with Crippen molar-refractivity contribution in [2.24, 2.45) is 10.8 Å². The number of Topliss-reactive ketones (excluding diaryl/α,β-unsaturated/α-hetero) is 1. The van der Waals surface area contributed by atoms with Gasteiger partial charge in [-0.05, 0) is 17.7 Å². The third kappa shape index (κ3) is 3.62. The molecule has 0 fully saturated rings. The van der Waals surface area contributed by atoms with Crippen molar-refractivity contribution in [3.8, 4) is 0 Å². The minimum atomic E-state index is -1.80. The summed E-state index contributed by atoms with van der Waals surface area (Å²) in [7, 11) is 0. The SMILES string of the molecule is C=CC(=O)NCC(N)C(=O)c1cc(F)c(N=[N+]=[N-])c(F)c1F. The normalized spacial score (nSPS) is 11.3. The lowest BCUT2D eigenvalue weighted by molar-refractivity contribution is -0.116. The van der Waals surface area contributed by atoms with Gasteiger partial charge in [-0.25, -0.2) is 13.2 Å². The lowest BCUT2D eigenvalue weighted by Gasteiger charge is -2.12. The van der Waals surface area contributed by atoms with Crippen LogP contribution in [0.2, 0.25) is 0 Å². The van der Waals surface area contributed by atoms with Gasteiger partial charge in [-0.3, -0.25) is 9.59 Å². The summed E-state index contributed by atoms with van der Waals surface area (Å²) in [6.07, 6.45) is 0.922. The maximum Gasteiger partial charge on any atom is 0.243 e. The number of rotatable bonds is 6. The molecular formula is C12H10F3N5O2. The van der Waals surface area contributed by atoms with Gasteiger partial charge in [-0.1, -0.05) is 11.7 Å². The van der Waals surface area contributed by atoms with Gasteiger partial charge in [0.05, 0.1) is 11.6 Å². The number of ketones is 1. The van der Waals surface area contributed by atoms with Gasteiger partial charge >= 0.3 is 0 Å². The largest absolute Gasteiger partial charge is 0.351 e. The highest BCUT2D eigenvalue weighted by Gasteiger charge is 2.25. The van der Waals surface area contributed by atoms with Crippen LogP contribution in [0, 0.1) is 17.5 Å². The second-order valence-electron chi connectivity index (χ2n) is 3.99. The van der Waals surface area contributed by atoms with E-state index in [4.69, 9.17) is 11.3 Å². The summed E-state index contributed by atoms with van der Waals surface area (Å²) >= 11 is 0. The lowest BCUT2D eigenvalue weighted by Crippen LogP contribution is -2.42. The molecule has 0 aliphatic carbocycles. The van der Waals surface area contributed by atoms with Gasteiger partial charge in [-0.15, -0.1) is 0 Å². The zero-order valence-electron chi connectivity index (χ0n) is 11.0. The Morgan fingerprint density at radius 3 is 2.64 bits per heavy atom. The highest BCUT2D eigenvalue weighted by molar-refractivity contribution is 6.01. The molecule has 0 heterocycles. The minimum Gasteiger partial charge on any atom is -0.351 e. The van der Waals surface area contributed by atoms with Crippen LogP contribution in [0.4, 0.5) is 18.9 Å². The molecule has 0 aliphatic rings. The Labute approximate surface area is 122 Å². The number of nitrogens with one attached hydrogen (secondary N) is 1. The van der Waals surface area contributed by atoms with Crippen molar-refractivity contribution in [2.45, 2.75) is 6.04 Å². The number of nitrogens with zero attached hydrogens (tertiary/aromatic N) is 3. The van der Waals surface area contributed by atoms with E-state index >= 15 is 0 Å². The summed E-state index contributed by atoms with van der Waals surface area (Å²) in [6.45, 7) is 2.78. The van der Waals surface area contributed by atoms with Crippen molar-refractivity contribution in [3.05, 3.63) is 52.2 Å². The molecule has 1 aromatic carbocycles. The third-order valence-corrected chi connectivity index (χ3v) is 2.56. The van der Waals surface area contributed by atoms with Gasteiger partial charge < -0.3 is 11.1 Å². The number of benzene rings is 1. The van der Waals surface area contributed by atoms with Gasteiger partial charge in [0.15, 0.2) is 17.4 Å². The molecule has 0 bridgehead atoms. The van der Waals surface area contributed by atoms with Crippen molar-refractivity contribution in [1.82, 2.24) is 5.32 Å². The summed E-state index contributed by atoms with van der Waals surface area (Å²) in [4.78, 5) is 24.9. The number of halogens is 3. The lowest BCUT2D eigenvalue weighted by atomic mass is 10.0. The third-order valence-electron chi connectivity index (χ3n) is 2.56. The maximum atomic E-state index is 13.7. The van der Waals surface area contributed by atoms with E-state index in [9.17, 15) is 22.8 Å². The molecule has 1 aromatic rings. The van der Waals surface area contributed by atoms with Crippen molar-refractivity contribution in [1.29, 1.82) is 0 Å². The van der Waals surface area contributed by atoms with E-state index in [0.717, 1.165) is 6.08 Å². The quantitative estimate of drug-likeness (QED) is 0.208. The number of carbonyl (C=O) groups is 2. The monoisotopic (exact) mass is 313 g/mol. The number of amides is 1. The first kappa shape index (κ1) is 17.2. The molecular weight excluding hydrogens is 303 g/mol. The molecule has 0 saturated carbocycles. The number of azide groups is 1. The standard InChI is InChI=1S/C12H10F3N5O2/c1-2-8(21)18-4-7(16)12(22)5-3-6(13)11(19-20-17)10(15)9(5)14/h2-3,7H,1,4,16H2,(H,18,21). The van der Waals surface area contributed by atoms with Gasteiger partial charge in [-0.2, -0.15) is 0 Å². The van der Waals surface area contributed by atoms with Crippen LogP contribution in [-0.2, 0) is 4.79 Å². The molecule has 1 unspecified atom stereocenters. The van der Waals surface area contributed by atoms with Gasteiger partial charge in [0.25, 0.3) is 0 Å². The average Bonchev–Trinajstić information content (AvgIpc) is 2.51. The van der Waals surface area contributed by atoms with Crippen molar-refractivity contribution in [3.63, 3.8) is 0 Å². The Bertz CT molecular complexity index is 686. The van der Waals surface area contributed by atoms with Crippen molar-refractivity contribution in [2.75, 3.05) is 6.54 Å². The molecule has 22 heavy (non-hydrogen) atoms. The molecule has 0 saturated heterocycles. The Hall–Kier alpha value is -2.84. The molecule has 0 spiro atoms. The fourth-order valence-electron chi connectivity index (χ4n) is 1.48. The second kappa shape index (κ2) is 7.25. The van der Waals surface area contributed by atoms with E-state index in [1.165, 1.54) is 0 Å². The van der Waals surface area contributed by atoms with Crippen LogP contribution in [-0.4, -0.2) is 24.3 Å². The predicted molar refractivity (Wildman–Crippen MR) is 70.6 cm³/mol. The van der Waals surface area contributed by atoms with Crippen LogP contribution in [0.1, 0.15) is 10.4 Å².